The van der Waals surface area contributed by atoms with Crippen molar-refractivity contribution in [2.75, 3.05) is 26.2 Å². The van der Waals surface area contributed by atoms with Gasteiger partial charge >= 0.3 is 0 Å². The lowest BCUT2D eigenvalue weighted by Crippen LogP contribution is -2.12. The molecule has 9 heteroatoms. The zero-order chi connectivity index (χ0) is 20.8. The van der Waals surface area contributed by atoms with Gasteiger partial charge in [-0.15, -0.1) is 0 Å². The van der Waals surface area contributed by atoms with E-state index in [0.29, 0.717) is 29.0 Å². The lowest BCUT2D eigenvalue weighted by molar-refractivity contribution is 0.311. The minimum absolute atomic E-state index is 0.0192. The van der Waals surface area contributed by atoms with Crippen LogP contribution >= 0.6 is 0 Å². The number of sulfone groups is 1. The number of methoxy groups -OCH3 is 2. The largest absolute Gasteiger partial charge is 0.497 e. The van der Waals surface area contributed by atoms with Crippen LogP contribution in [0.1, 0.15) is 16.7 Å². The van der Waals surface area contributed by atoms with E-state index in [1.165, 1.54) is 7.11 Å². The molecule has 7 nitrogen and oxygen atoms in total. The van der Waals surface area contributed by atoms with Gasteiger partial charge in [0.05, 0.1) is 38.6 Å². The Morgan fingerprint density at radius 1 is 0.857 bits per heavy atom. The van der Waals surface area contributed by atoms with Gasteiger partial charge in [-0.3, -0.25) is 4.18 Å². The van der Waals surface area contributed by atoms with E-state index in [4.69, 9.17) is 13.7 Å². The van der Waals surface area contributed by atoms with Crippen molar-refractivity contribution in [3.05, 3.63) is 59.2 Å². The van der Waals surface area contributed by atoms with Crippen LogP contribution in [0, 0.1) is 0 Å². The standard InChI is InChI=1S/C19H24O7S2/c1-24-18-9-8-17(19(12-18)25-2)10-11-28(22,23)14-16-6-4-15(5-7-16)13-26-27(3,20)21/h4-9,12H,10-11,13-14H2,1-3H3. The molecule has 0 aromatic heterocycles. The molecule has 0 bridgehead atoms. The maximum absolute atomic E-state index is 12.5. The Bertz CT molecular complexity index is 995. The molecular formula is C19H24O7S2. The van der Waals surface area contributed by atoms with Crippen molar-refractivity contribution in [2.45, 2.75) is 18.8 Å². The summed E-state index contributed by atoms with van der Waals surface area (Å²) >= 11 is 0. The Morgan fingerprint density at radius 2 is 1.50 bits per heavy atom. The van der Waals surface area contributed by atoms with E-state index < -0.39 is 20.0 Å². The highest BCUT2D eigenvalue weighted by molar-refractivity contribution is 7.90. The highest BCUT2D eigenvalue weighted by atomic mass is 32.2. The van der Waals surface area contributed by atoms with Crippen LogP contribution in [0.2, 0.25) is 0 Å². The van der Waals surface area contributed by atoms with Crippen LogP contribution < -0.4 is 9.47 Å². The molecule has 0 N–H and O–H groups in total. The van der Waals surface area contributed by atoms with Gasteiger partial charge in [0.15, 0.2) is 9.84 Å². The van der Waals surface area contributed by atoms with E-state index in [2.05, 4.69) is 0 Å². The van der Waals surface area contributed by atoms with Gasteiger partial charge in [0.1, 0.15) is 11.5 Å². The third kappa shape index (κ3) is 7.14. The summed E-state index contributed by atoms with van der Waals surface area (Å²) in [6.45, 7) is -0.0802. The van der Waals surface area contributed by atoms with Crippen LogP contribution in [0.3, 0.4) is 0 Å². The van der Waals surface area contributed by atoms with Crippen molar-refractivity contribution in [3.63, 3.8) is 0 Å². The van der Waals surface area contributed by atoms with Crippen LogP contribution in [0.5, 0.6) is 11.5 Å². The first-order valence-electron chi connectivity index (χ1n) is 8.45. The summed E-state index contributed by atoms with van der Waals surface area (Å²) in [7, 11) is -3.77. The van der Waals surface area contributed by atoms with E-state index in [1.807, 2.05) is 0 Å². The molecule has 0 aliphatic heterocycles. The summed E-state index contributed by atoms with van der Waals surface area (Å²) in [5, 5.41) is 0. The summed E-state index contributed by atoms with van der Waals surface area (Å²) in [5.41, 5.74) is 2.07. The number of benzene rings is 2. The summed E-state index contributed by atoms with van der Waals surface area (Å²) in [4.78, 5) is 0. The molecule has 0 aliphatic carbocycles. The Balaban J connectivity index is 1.98. The van der Waals surface area contributed by atoms with Crippen molar-refractivity contribution >= 4 is 20.0 Å². The molecule has 0 saturated heterocycles. The predicted molar refractivity (Wildman–Crippen MR) is 107 cm³/mol. The van der Waals surface area contributed by atoms with Crippen molar-refractivity contribution in [1.29, 1.82) is 0 Å². The van der Waals surface area contributed by atoms with Crippen molar-refractivity contribution < 1.29 is 30.5 Å². The van der Waals surface area contributed by atoms with Crippen LogP contribution in [-0.2, 0) is 42.9 Å². The minimum atomic E-state index is -3.52. The second-order valence-corrected chi connectivity index (χ2v) is 10.1. The molecular weight excluding hydrogens is 404 g/mol. The fourth-order valence-corrected chi connectivity index (χ4v) is 4.28. The average Bonchev–Trinajstić information content (AvgIpc) is 2.65. The van der Waals surface area contributed by atoms with Gasteiger partial charge in [0.2, 0.25) is 0 Å². The van der Waals surface area contributed by atoms with E-state index in [0.717, 1.165) is 11.8 Å². The van der Waals surface area contributed by atoms with Crippen molar-refractivity contribution in [3.8, 4) is 11.5 Å². The van der Waals surface area contributed by atoms with Crippen LogP contribution in [-0.4, -0.2) is 43.1 Å². The zero-order valence-electron chi connectivity index (χ0n) is 16.0. The molecule has 154 valence electrons. The molecule has 0 amide bonds. The van der Waals surface area contributed by atoms with Crippen LogP contribution in [0.4, 0.5) is 0 Å². The average molecular weight is 429 g/mol. The maximum Gasteiger partial charge on any atom is 0.264 e. The van der Waals surface area contributed by atoms with E-state index >= 15 is 0 Å². The lowest BCUT2D eigenvalue weighted by Gasteiger charge is -2.11. The quantitative estimate of drug-likeness (QED) is 0.536. The van der Waals surface area contributed by atoms with E-state index in [-0.39, 0.29) is 18.1 Å². The second-order valence-electron chi connectivity index (χ2n) is 6.30. The van der Waals surface area contributed by atoms with Gasteiger partial charge in [0, 0.05) is 6.07 Å². The zero-order valence-corrected chi connectivity index (χ0v) is 17.7. The maximum atomic E-state index is 12.5. The molecule has 0 unspecified atom stereocenters. The first kappa shape index (κ1) is 22.2. The van der Waals surface area contributed by atoms with E-state index in [9.17, 15) is 16.8 Å². The molecule has 0 aliphatic rings. The topological polar surface area (TPSA) is 96.0 Å². The highest BCUT2D eigenvalue weighted by Gasteiger charge is 2.15. The van der Waals surface area contributed by atoms with Crippen LogP contribution in [0.25, 0.3) is 0 Å². The molecule has 0 heterocycles. The number of hydrogen-bond donors (Lipinski definition) is 0. The predicted octanol–water partition coefficient (Wildman–Crippen LogP) is 2.34. The summed E-state index contributed by atoms with van der Waals surface area (Å²) in [5.74, 6) is 1.11. The molecule has 2 aromatic carbocycles. The Kier molecular flexibility index (Phi) is 7.45. The molecule has 0 radical (unpaired) electrons. The molecule has 0 saturated carbocycles. The number of rotatable bonds is 10. The van der Waals surface area contributed by atoms with Gasteiger partial charge in [0.25, 0.3) is 10.1 Å². The van der Waals surface area contributed by atoms with Crippen molar-refractivity contribution in [1.82, 2.24) is 0 Å². The molecule has 0 fully saturated rings. The Labute approximate surface area is 166 Å². The lowest BCUT2D eigenvalue weighted by atomic mass is 10.1. The van der Waals surface area contributed by atoms with Crippen molar-refractivity contribution in [2.24, 2.45) is 0 Å². The molecule has 2 aromatic rings. The number of aryl methyl sites for hydroxylation is 1. The monoisotopic (exact) mass is 428 g/mol. The van der Waals surface area contributed by atoms with Crippen LogP contribution in [0.15, 0.2) is 42.5 Å². The highest BCUT2D eigenvalue weighted by Crippen LogP contribution is 2.25. The molecule has 0 spiro atoms. The number of hydrogen-bond acceptors (Lipinski definition) is 7. The summed E-state index contributed by atoms with van der Waals surface area (Å²) in [6.07, 6.45) is 1.31. The molecule has 28 heavy (non-hydrogen) atoms. The second kappa shape index (κ2) is 9.40. The first-order valence-corrected chi connectivity index (χ1v) is 12.1. The van der Waals surface area contributed by atoms with Gasteiger partial charge < -0.3 is 9.47 Å². The molecule has 0 atom stereocenters. The van der Waals surface area contributed by atoms with Gasteiger partial charge in [-0.25, -0.2) is 8.42 Å². The Morgan fingerprint density at radius 3 is 2.07 bits per heavy atom. The fourth-order valence-electron chi connectivity index (χ4n) is 2.56. The SMILES string of the molecule is COc1ccc(CCS(=O)(=O)Cc2ccc(COS(C)(=O)=O)cc2)c(OC)c1. The third-order valence-corrected chi connectivity index (χ3v) is 6.17. The molecule has 2 rings (SSSR count). The van der Waals surface area contributed by atoms with Gasteiger partial charge in [-0.2, -0.15) is 8.42 Å². The smallest absolute Gasteiger partial charge is 0.264 e. The minimum Gasteiger partial charge on any atom is -0.497 e. The van der Waals surface area contributed by atoms with E-state index in [1.54, 1.807) is 49.6 Å². The first-order chi connectivity index (χ1) is 13.1. The van der Waals surface area contributed by atoms with Gasteiger partial charge in [-0.1, -0.05) is 30.3 Å². The third-order valence-electron chi connectivity index (χ3n) is 4.03. The summed E-state index contributed by atoms with van der Waals surface area (Å²) < 4.78 is 62.1. The normalized spacial score (nSPS) is 12.0. The number of ether oxygens (including phenoxy) is 2. The Hall–Kier alpha value is -2.10. The fraction of sp³-hybridized carbons (Fsp3) is 0.368. The van der Waals surface area contributed by atoms with Gasteiger partial charge in [-0.05, 0) is 29.2 Å². The summed E-state index contributed by atoms with van der Waals surface area (Å²) in [6, 6.07) is 11.9.